The van der Waals surface area contributed by atoms with Crippen molar-refractivity contribution < 1.29 is 19.1 Å². The molecule has 0 atom stereocenters. The molecule has 0 amide bonds. The summed E-state index contributed by atoms with van der Waals surface area (Å²) < 4.78 is 11.4. The second-order valence-corrected chi connectivity index (χ2v) is 8.72. The predicted molar refractivity (Wildman–Crippen MR) is 155 cm³/mol. The molecule has 4 heteroatoms. The van der Waals surface area contributed by atoms with Gasteiger partial charge in [0.15, 0.2) is 0 Å². The number of allylic oxidation sites excluding steroid dienone is 4. The van der Waals surface area contributed by atoms with Gasteiger partial charge in [-0.05, 0) is 83.4 Å². The van der Waals surface area contributed by atoms with Crippen molar-refractivity contribution in [1.82, 2.24) is 0 Å². The Morgan fingerprint density at radius 3 is 1.11 bits per heavy atom. The Bertz CT molecular complexity index is 1150. The standard InChI is InChI=1S/C33H36O4/c1-9-13-26-18-24(19-27(14-10-2)30(26)36-32(34)22(5)6)17-25-20-28(15-11-3)31(29(21-25)16-12-4)37-33(35)23(7)8/h9-16,18-21H,5,7,17H2,1-4,6,8H3. The lowest BCUT2D eigenvalue weighted by Crippen LogP contribution is -2.11. The molecule has 0 heterocycles. The molecule has 0 bridgehead atoms. The van der Waals surface area contributed by atoms with Gasteiger partial charge in [-0.3, -0.25) is 0 Å². The Morgan fingerprint density at radius 2 is 0.892 bits per heavy atom. The molecule has 0 spiro atoms. The van der Waals surface area contributed by atoms with E-state index in [0.29, 0.717) is 29.1 Å². The minimum atomic E-state index is -0.462. The summed E-state index contributed by atoms with van der Waals surface area (Å²) in [4.78, 5) is 24.7. The fourth-order valence-electron chi connectivity index (χ4n) is 3.73. The number of hydrogen-bond donors (Lipinski definition) is 0. The van der Waals surface area contributed by atoms with Crippen LogP contribution in [0.3, 0.4) is 0 Å². The number of carbonyl (C=O) groups is 2. The monoisotopic (exact) mass is 496 g/mol. The van der Waals surface area contributed by atoms with E-state index in [0.717, 1.165) is 33.4 Å². The normalized spacial score (nSPS) is 11.6. The third-order valence-corrected chi connectivity index (χ3v) is 5.29. The van der Waals surface area contributed by atoms with E-state index in [9.17, 15) is 9.59 Å². The molecule has 192 valence electrons. The summed E-state index contributed by atoms with van der Waals surface area (Å²) in [6.45, 7) is 18.3. The van der Waals surface area contributed by atoms with Gasteiger partial charge in [-0.2, -0.15) is 0 Å². The molecule has 0 fully saturated rings. The van der Waals surface area contributed by atoms with Gasteiger partial charge in [0.1, 0.15) is 11.5 Å². The average molecular weight is 497 g/mol. The fraction of sp³-hybridized carbons (Fsp3) is 0.212. The molecule has 2 rings (SSSR count). The lowest BCUT2D eigenvalue weighted by Gasteiger charge is -2.16. The van der Waals surface area contributed by atoms with Crippen molar-refractivity contribution in [2.45, 2.75) is 48.0 Å². The van der Waals surface area contributed by atoms with Crippen LogP contribution in [0, 0.1) is 0 Å². The zero-order valence-corrected chi connectivity index (χ0v) is 22.7. The smallest absolute Gasteiger partial charge is 0.338 e. The topological polar surface area (TPSA) is 52.6 Å². The molecule has 0 N–H and O–H groups in total. The van der Waals surface area contributed by atoms with Crippen molar-refractivity contribution in [3.63, 3.8) is 0 Å². The second kappa shape index (κ2) is 13.8. The van der Waals surface area contributed by atoms with E-state index in [1.54, 1.807) is 13.8 Å². The van der Waals surface area contributed by atoms with Crippen molar-refractivity contribution in [3.8, 4) is 11.5 Å². The van der Waals surface area contributed by atoms with Crippen LogP contribution < -0.4 is 9.47 Å². The van der Waals surface area contributed by atoms with Crippen LogP contribution in [-0.4, -0.2) is 11.9 Å². The molecular formula is C33H36O4. The maximum atomic E-state index is 12.3. The van der Waals surface area contributed by atoms with Crippen LogP contribution in [0.25, 0.3) is 24.3 Å². The summed E-state index contributed by atoms with van der Waals surface area (Å²) in [6, 6.07) is 8.09. The first-order valence-corrected chi connectivity index (χ1v) is 12.2. The number of hydrogen-bond acceptors (Lipinski definition) is 4. The Morgan fingerprint density at radius 1 is 0.622 bits per heavy atom. The quantitative estimate of drug-likeness (QED) is 0.188. The van der Waals surface area contributed by atoms with Crippen LogP contribution in [0.2, 0.25) is 0 Å². The highest BCUT2D eigenvalue weighted by Crippen LogP contribution is 2.33. The molecular weight excluding hydrogens is 460 g/mol. The largest absolute Gasteiger partial charge is 0.422 e. The van der Waals surface area contributed by atoms with E-state index >= 15 is 0 Å². The van der Waals surface area contributed by atoms with E-state index in [4.69, 9.17) is 9.47 Å². The van der Waals surface area contributed by atoms with Crippen LogP contribution in [0.15, 0.2) is 72.9 Å². The highest BCUT2D eigenvalue weighted by Gasteiger charge is 2.17. The van der Waals surface area contributed by atoms with E-state index < -0.39 is 11.9 Å². The Balaban J connectivity index is 2.67. The van der Waals surface area contributed by atoms with Crippen molar-refractivity contribution in [3.05, 3.63) is 106 Å². The van der Waals surface area contributed by atoms with Crippen LogP contribution >= 0.6 is 0 Å². The van der Waals surface area contributed by atoms with Crippen molar-refractivity contribution >= 4 is 36.2 Å². The minimum absolute atomic E-state index is 0.336. The highest BCUT2D eigenvalue weighted by atomic mass is 16.5. The van der Waals surface area contributed by atoms with Gasteiger partial charge in [-0.25, -0.2) is 9.59 Å². The molecule has 0 radical (unpaired) electrons. The first-order valence-electron chi connectivity index (χ1n) is 12.2. The van der Waals surface area contributed by atoms with Crippen LogP contribution in [0.1, 0.15) is 74.9 Å². The van der Waals surface area contributed by atoms with Crippen LogP contribution in [0.5, 0.6) is 11.5 Å². The molecule has 0 aliphatic carbocycles. The van der Waals surface area contributed by atoms with E-state index in [1.807, 2.05) is 101 Å². The van der Waals surface area contributed by atoms with E-state index in [2.05, 4.69) is 13.2 Å². The van der Waals surface area contributed by atoms with Gasteiger partial charge in [0.2, 0.25) is 0 Å². The molecule has 0 aromatic heterocycles. The van der Waals surface area contributed by atoms with Crippen molar-refractivity contribution in [2.75, 3.05) is 0 Å². The summed E-state index contributed by atoms with van der Waals surface area (Å²) in [5, 5.41) is 0. The number of benzene rings is 2. The Hall–Kier alpha value is -4.18. The van der Waals surface area contributed by atoms with Crippen molar-refractivity contribution in [2.24, 2.45) is 0 Å². The molecule has 0 saturated heterocycles. The molecule has 0 aliphatic heterocycles. The Kier molecular flexibility index (Phi) is 10.8. The van der Waals surface area contributed by atoms with Crippen LogP contribution in [-0.2, 0) is 16.0 Å². The molecule has 0 unspecified atom stereocenters. The number of ether oxygens (including phenoxy) is 2. The van der Waals surface area contributed by atoms with Crippen LogP contribution in [0.4, 0.5) is 0 Å². The van der Waals surface area contributed by atoms with Gasteiger partial charge in [0.25, 0.3) is 0 Å². The first kappa shape index (κ1) is 29.1. The summed E-state index contributed by atoms with van der Waals surface area (Å²) in [6.07, 6.45) is 16.0. The van der Waals surface area contributed by atoms with Gasteiger partial charge in [0.05, 0.1) is 0 Å². The maximum absolute atomic E-state index is 12.3. The zero-order chi connectivity index (χ0) is 27.5. The third-order valence-electron chi connectivity index (χ3n) is 5.29. The molecule has 0 saturated carbocycles. The zero-order valence-electron chi connectivity index (χ0n) is 22.7. The lowest BCUT2D eigenvalue weighted by molar-refractivity contribution is -0.131. The fourth-order valence-corrected chi connectivity index (χ4v) is 3.73. The van der Waals surface area contributed by atoms with Gasteiger partial charge in [-0.1, -0.05) is 61.8 Å². The summed E-state index contributed by atoms with van der Waals surface area (Å²) in [7, 11) is 0. The first-order chi connectivity index (χ1) is 17.6. The summed E-state index contributed by atoms with van der Waals surface area (Å²) >= 11 is 0. The molecule has 2 aromatic rings. The molecule has 4 nitrogen and oxygen atoms in total. The molecule has 0 aliphatic rings. The number of esters is 2. The van der Waals surface area contributed by atoms with E-state index in [-0.39, 0.29) is 0 Å². The second-order valence-electron chi connectivity index (χ2n) is 8.72. The van der Waals surface area contributed by atoms with Gasteiger partial charge in [-0.15, -0.1) is 0 Å². The van der Waals surface area contributed by atoms with Gasteiger partial charge >= 0.3 is 11.9 Å². The van der Waals surface area contributed by atoms with E-state index in [1.165, 1.54) is 0 Å². The summed E-state index contributed by atoms with van der Waals surface area (Å²) in [5.41, 5.74) is 5.97. The van der Waals surface area contributed by atoms with Crippen molar-refractivity contribution in [1.29, 1.82) is 0 Å². The SMILES string of the molecule is C=C(C)C(=O)Oc1c(C=CC)cc(Cc2cc(C=CC)c(OC(=O)C(=C)C)c(C=CC)c2)cc1C=CC. The van der Waals surface area contributed by atoms with Gasteiger partial charge in [0, 0.05) is 33.4 Å². The number of rotatable bonds is 10. The molecule has 37 heavy (non-hydrogen) atoms. The number of carbonyl (C=O) groups excluding carboxylic acids is 2. The minimum Gasteiger partial charge on any atom is -0.422 e. The Labute approximate surface area is 221 Å². The third kappa shape index (κ3) is 7.91. The van der Waals surface area contributed by atoms with Gasteiger partial charge < -0.3 is 9.47 Å². The highest BCUT2D eigenvalue weighted by molar-refractivity contribution is 5.91. The average Bonchev–Trinajstić information content (AvgIpc) is 2.83. The lowest BCUT2D eigenvalue weighted by atomic mass is 9.95. The molecule has 2 aromatic carbocycles. The maximum Gasteiger partial charge on any atom is 0.338 e. The summed E-state index contributed by atoms with van der Waals surface area (Å²) in [5.74, 6) is 0.0747. The predicted octanol–water partition coefficient (Wildman–Crippen LogP) is 8.37.